The zero-order valence-corrected chi connectivity index (χ0v) is 9.28. The summed E-state index contributed by atoms with van der Waals surface area (Å²) in [5.41, 5.74) is 0. The van der Waals surface area contributed by atoms with Crippen molar-refractivity contribution < 1.29 is 10.3 Å². The molecular formula is C9H13Cl2N3+2. The fourth-order valence-electron chi connectivity index (χ4n) is 1.65. The van der Waals surface area contributed by atoms with Crippen molar-refractivity contribution in [3.8, 4) is 0 Å². The van der Waals surface area contributed by atoms with Crippen LogP contribution >= 0.6 is 23.2 Å². The molecule has 1 fully saturated rings. The summed E-state index contributed by atoms with van der Waals surface area (Å²) in [5, 5.41) is 3.64. The van der Waals surface area contributed by atoms with Crippen LogP contribution in [0.3, 0.4) is 0 Å². The third-order valence-corrected chi connectivity index (χ3v) is 2.87. The summed E-state index contributed by atoms with van der Waals surface area (Å²) in [6.07, 6.45) is 1.76. The normalized spacial score (nSPS) is 17.1. The van der Waals surface area contributed by atoms with E-state index < -0.39 is 0 Å². The maximum atomic E-state index is 6.10. The highest BCUT2D eigenvalue weighted by Crippen LogP contribution is 2.22. The minimum Gasteiger partial charge on any atom is -0.340 e. The monoisotopic (exact) mass is 233 g/mol. The predicted molar refractivity (Wildman–Crippen MR) is 56.9 cm³/mol. The number of hydrogen-bond acceptors (Lipinski definition) is 1. The van der Waals surface area contributed by atoms with Crippen molar-refractivity contribution in [2.24, 2.45) is 0 Å². The van der Waals surface area contributed by atoms with Gasteiger partial charge >= 0.3 is 0 Å². The second kappa shape index (κ2) is 4.34. The number of nitrogens with zero attached hydrogens (tertiary/aromatic N) is 1. The summed E-state index contributed by atoms with van der Waals surface area (Å²) in [6, 6.07) is 1.77. The lowest BCUT2D eigenvalue weighted by atomic mass is 10.3. The first-order valence-electron chi connectivity index (χ1n) is 4.71. The number of piperazine rings is 1. The average Bonchev–Trinajstić information content (AvgIpc) is 2.19. The van der Waals surface area contributed by atoms with Gasteiger partial charge in [0.25, 0.3) is 5.82 Å². The smallest absolute Gasteiger partial charge is 0.293 e. The molecule has 0 bridgehead atoms. The minimum absolute atomic E-state index is 0.641. The fourth-order valence-corrected chi connectivity index (χ4v) is 2.16. The molecule has 3 N–H and O–H groups in total. The zero-order chi connectivity index (χ0) is 9.97. The maximum Gasteiger partial charge on any atom is 0.293 e. The molecule has 1 aliphatic rings. The minimum atomic E-state index is 0.641. The largest absolute Gasteiger partial charge is 0.340 e. The number of pyridine rings is 1. The van der Waals surface area contributed by atoms with E-state index in [9.17, 15) is 0 Å². The van der Waals surface area contributed by atoms with E-state index in [1.807, 2.05) is 0 Å². The average molecular weight is 234 g/mol. The maximum absolute atomic E-state index is 6.10. The SMILES string of the molecule is Clc1c[nH+]c(N2CC[NH2+]CC2)c(Cl)c1. The van der Waals surface area contributed by atoms with E-state index in [2.05, 4.69) is 15.2 Å². The lowest BCUT2D eigenvalue weighted by Crippen LogP contribution is -2.90. The highest BCUT2D eigenvalue weighted by Gasteiger charge is 2.23. The first kappa shape index (κ1) is 10.0. The molecule has 0 atom stereocenters. The first-order valence-corrected chi connectivity index (χ1v) is 5.46. The van der Waals surface area contributed by atoms with Crippen molar-refractivity contribution in [2.75, 3.05) is 31.1 Å². The number of aromatic nitrogens is 1. The Morgan fingerprint density at radius 1 is 1.29 bits per heavy atom. The second-order valence-corrected chi connectivity index (χ2v) is 4.21. The molecule has 1 saturated heterocycles. The van der Waals surface area contributed by atoms with Crippen LogP contribution in [-0.4, -0.2) is 26.2 Å². The number of rotatable bonds is 1. The Balaban J connectivity index is 2.22. The van der Waals surface area contributed by atoms with Gasteiger partial charge in [-0.25, -0.2) is 9.88 Å². The molecule has 1 aromatic rings. The number of quaternary nitrogens is 1. The summed E-state index contributed by atoms with van der Waals surface area (Å²) in [7, 11) is 0. The van der Waals surface area contributed by atoms with Crippen molar-refractivity contribution in [2.45, 2.75) is 0 Å². The van der Waals surface area contributed by atoms with E-state index in [0.717, 1.165) is 32.0 Å². The van der Waals surface area contributed by atoms with Crippen LogP contribution in [0, 0.1) is 0 Å². The van der Waals surface area contributed by atoms with Crippen LogP contribution in [-0.2, 0) is 0 Å². The molecule has 5 heteroatoms. The number of halogens is 2. The summed E-state index contributed by atoms with van der Waals surface area (Å²) < 4.78 is 0. The molecule has 0 aliphatic carbocycles. The Morgan fingerprint density at radius 3 is 2.64 bits per heavy atom. The molecule has 0 radical (unpaired) electrons. The summed E-state index contributed by atoms with van der Waals surface area (Å²) >= 11 is 11.9. The molecule has 0 spiro atoms. The van der Waals surface area contributed by atoms with Crippen LogP contribution in [0.4, 0.5) is 5.82 Å². The van der Waals surface area contributed by atoms with Gasteiger partial charge in [-0.15, -0.1) is 0 Å². The first-order chi connectivity index (χ1) is 6.77. The van der Waals surface area contributed by atoms with Crippen LogP contribution in [0.2, 0.25) is 10.0 Å². The van der Waals surface area contributed by atoms with Gasteiger partial charge in [0.15, 0.2) is 0 Å². The molecule has 14 heavy (non-hydrogen) atoms. The molecule has 1 aliphatic heterocycles. The van der Waals surface area contributed by atoms with Crippen molar-refractivity contribution >= 4 is 29.0 Å². The van der Waals surface area contributed by atoms with Crippen molar-refractivity contribution in [1.82, 2.24) is 0 Å². The van der Waals surface area contributed by atoms with Crippen LogP contribution in [0.15, 0.2) is 12.3 Å². The van der Waals surface area contributed by atoms with Gasteiger partial charge in [-0.1, -0.05) is 23.2 Å². The van der Waals surface area contributed by atoms with Crippen molar-refractivity contribution in [3.63, 3.8) is 0 Å². The van der Waals surface area contributed by atoms with Gasteiger partial charge in [0, 0.05) is 0 Å². The summed E-state index contributed by atoms with van der Waals surface area (Å²) in [5.74, 6) is 0.976. The third-order valence-electron chi connectivity index (χ3n) is 2.36. The van der Waals surface area contributed by atoms with E-state index in [4.69, 9.17) is 23.2 Å². The highest BCUT2D eigenvalue weighted by atomic mass is 35.5. The fraction of sp³-hybridized carbons (Fsp3) is 0.444. The van der Waals surface area contributed by atoms with E-state index in [-0.39, 0.29) is 0 Å². The molecule has 0 aromatic carbocycles. The van der Waals surface area contributed by atoms with Gasteiger partial charge in [0.2, 0.25) is 0 Å². The molecule has 0 saturated carbocycles. The Bertz CT molecular complexity index is 324. The van der Waals surface area contributed by atoms with Gasteiger partial charge in [0.05, 0.1) is 5.02 Å². The number of anilines is 1. The van der Waals surface area contributed by atoms with Crippen LogP contribution in [0.25, 0.3) is 0 Å². The summed E-state index contributed by atoms with van der Waals surface area (Å²) in [4.78, 5) is 5.37. The Labute approximate surface area is 93.0 Å². The van der Waals surface area contributed by atoms with Crippen molar-refractivity contribution in [1.29, 1.82) is 0 Å². The van der Waals surface area contributed by atoms with Gasteiger partial charge in [-0.3, -0.25) is 0 Å². The van der Waals surface area contributed by atoms with Gasteiger partial charge in [0.1, 0.15) is 37.4 Å². The predicted octanol–water partition coefficient (Wildman–Crippen LogP) is 0.191. The van der Waals surface area contributed by atoms with E-state index in [1.54, 1.807) is 12.3 Å². The lowest BCUT2D eigenvalue weighted by Gasteiger charge is -2.20. The molecule has 0 amide bonds. The number of hydrogen-bond donors (Lipinski definition) is 1. The lowest BCUT2D eigenvalue weighted by molar-refractivity contribution is -0.656. The molecular weight excluding hydrogens is 221 g/mol. The quantitative estimate of drug-likeness (QED) is 0.739. The second-order valence-electron chi connectivity index (χ2n) is 3.37. The van der Waals surface area contributed by atoms with E-state index >= 15 is 0 Å². The van der Waals surface area contributed by atoms with Crippen molar-refractivity contribution in [3.05, 3.63) is 22.3 Å². The molecule has 0 unspecified atom stereocenters. The number of aromatic amines is 1. The van der Waals surface area contributed by atoms with Gasteiger partial charge in [-0.05, 0) is 6.07 Å². The molecule has 2 rings (SSSR count). The van der Waals surface area contributed by atoms with E-state index in [0.29, 0.717) is 10.0 Å². The van der Waals surface area contributed by atoms with Gasteiger partial charge in [-0.2, -0.15) is 0 Å². The number of H-pyrrole nitrogens is 1. The molecule has 2 heterocycles. The Morgan fingerprint density at radius 2 is 2.00 bits per heavy atom. The highest BCUT2D eigenvalue weighted by molar-refractivity contribution is 6.35. The van der Waals surface area contributed by atoms with Crippen LogP contribution in [0.1, 0.15) is 0 Å². The molecule has 3 nitrogen and oxygen atoms in total. The van der Waals surface area contributed by atoms with Crippen LogP contribution < -0.4 is 15.2 Å². The summed E-state index contributed by atoms with van der Waals surface area (Å²) in [6.45, 7) is 4.29. The molecule has 1 aromatic heterocycles. The Kier molecular flexibility index (Phi) is 3.11. The molecule has 76 valence electrons. The van der Waals surface area contributed by atoms with E-state index in [1.165, 1.54) is 0 Å². The Hall–Kier alpha value is -0.510. The van der Waals surface area contributed by atoms with Gasteiger partial charge < -0.3 is 5.32 Å². The standard InChI is InChI=1S/C9H11Cl2N3/c10-7-5-8(11)9(13-6-7)14-3-1-12-2-4-14/h5-6,12H,1-4H2/p+2. The van der Waals surface area contributed by atoms with Crippen LogP contribution in [0.5, 0.6) is 0 Å². The third kappa shape index (κ3) is 2.11. The topological polar surface area (TPSA) is 34.0 Å². The zero-order valence-electron chi connectivity index (χ0n) is 7.76. The number of nitrogens with two attached hydrogens (primary N) is 1. The number of nitrogens with one attached hydrogen (secondary N) is 1.